The summed E-state index contributed by atoms with van der Waals surface area (Å²) in [6.45, 7) is 5.79. The van der Waals surface area contributed by atoms with Crippen molar-refractivity contribution >= 4 is 0 Å². The molecule has 0 spiro atoms. The van der Waals surface area contributed by atoms with Gasteiger partial charge in [-0.1, -0.05) is 6.07 Å². The first kappa shape index (κ1) is 9.83. The molecule has 2 heterocycles. The van der Waals surface area contributed by atoms with Crippen LogP contribution in [0.25, 0.3) is 0 Å². The molecule has 0 aliphatic heterocycles. The predicted molar refractivity (Wildman–Crippen MR) is 55.6 cm³/mol. The first-order valence-electron chi connectivity index (χ1n) is 4.87. The molecule has 0 aromatic carbocycles. The molecule has 0 atom stereocenters. The molecule has 0 radical (unpaired) electrons. The first-order valence-corrected chi connectivity index (χ1v) is 4.87. The third-order valence-electron chi connectivity index (χ3n) is 2.23. The van der Waals surface area contributed by atoms with Crippen molar-refractivity contribution in [3.63, 3.8) is 0 Å². The Morgan fingerprint density at radius 2 is 1.93 bits per heavy atom. The maximum absolute atomic E-state index is 5.32. The standard InChI is InChI=1S/C11H13N3O/c1-7-4-5-8(2)12-10(7)6-11-14-13-9(3)15-11/h4-5H,6H2,1-3H3. The molecule has 0 fully saturated rings. The smallest absolute Gasteiger partial charge is 0.222 e. The van der Waals surface area contributed by atoms with Crippen LogP contribution in [-0.4, -0.2) is 15.2 Å². The molecule has 0 unspecified atom stereocenters. The fraction of sp³-hybridized carbons (Fsp3) is 0.364. The fourth-order valence-corrected chi connectivity index (χ4v) is 1.41. The van der Waals surface area contributed by atoms with Crippen LogP contribution in [0, 0.1) is 20.8 Å². The maximum atomic E-state index is 5.32. The van der Waals surface area contributed by atoms with Gasteiger partial charge in [-0.2, -0.15) is 0 Å². The molecule has 0 aliphatic rings. The van der Waals surface area contributed by atoms with Crippen LogP contribution in [0.4, 0.5) is 0 Å². The zero-order valence-electron chi connectivity index (χ0n) is 9.11. The minimum absolute atomic E-state index is 0.593. The maximum Gasteiger partial charge on any atom is 0.222 e. The zero-order valence-corrected chi connectivity index (χ0v) is 9.11. The van der Waals surface area contributed by atoms with E-state index in [-0.39, 0.29) is 0 Å². The number of rotatable bonds is 2. The molecule has 15 heavy (non-hydrogen) atoms. The van der Waals surface area contributed by atoms with Gasteiger partial charge in [-0.3, -0.25) is 4.98 Å². The van der Waals surface area contributed by atoms with Gasteiger partial charge in [0.1, 0.15) is 0 Å². The van der Waals surface area contributed by atoms with Crippen molar-refractivity contribution in [2.75, 3.05) is 0 Å². The molecule has 0 saturated carbocycles. The highest BCUT2D eigenvalue weighted by Gasteiger charge is 2.07. The van der Waals surface area contributed by atoms with Gasteiger partial charge >= 0.3 is 0 Å². The quantitative estimate of drug-likeness (QED) is 0.748. The topological polar surface area (TPSA) is 51.8 Å². The molecule has 2 rings (SSSR count). The summed E-state index contributed by atoms with van der Waals surface area (Å²) in [7, 11) is 0. The van der Waals surface area contributed by atoms with E-state index < -0.39 is 0 Å². The zero-order chi connectivity index (χ0) is 10.8. The largest absolute Gasteiger partial charge is 0.425 e. The number of aryl methyl sites for hydroxylation is 3. The molecule has 0 aliphatic carbocycles. The molecule has 4 heteroatoms. The molecule has 0 saturated heterocycles. The number of nitrogens with zero attached hydrogens (tertiary/aromatic N) is 3. The van der Waals surface area contributed by atoms with E-state index in [1.165, 1.54) is 0 Å². The van der Waals surface area contributed by atoms with E-state index in [1.807, 2.05) is 19.9 Å². The second-order valence-corrected chi connectivity index (χ2v) is 3.61. The molecular formula is C11H13N3O. The van der Waals surface area contributed by atoms with Gasteiger partial charge in [0, 0.05) is 12.6 Å². The molecule has 2 aromatic rings. The normalized spacial score (nSPS) is 10.6. The summed E-state index contributed by atoms with van der Waals surface area (Å²) in [5.41, 5.74) is 3.15. The van der Waals surface area contributed by atoms with Crippen LogP contribution in [0.3, 0.4) is 0 Å². The van der Waals surface area contributed by atoms with Gasteiger partial charge in [-0.15, -0.1) is 10.2 Å². The average Bonchev–Trinajstić information content (AvgIpc) is 2.58. The van der Waals surface area contributed by atoms with E-state index in [4.69, 9.17) is 4.42 Å². The highest BCUT2D eigenvalue weighted by molar-refractivity contribution is 5.23. The summed E-state index contributed by atoms with van der Waals surface area (Å²) in [6.07, 6.45) is 0.606. The van der Waals surface area contributed by atoms with E-state index in [0.29, 0.717) is 18.2 Å². The van der Waals surface area contributed by atoms with Gasteiger partial charge < -0.3 is 4.42 Å². The van der Waals surface area contributed by atoms with Crippen molar-refractivity contribution in [1.29, 1.82) is 0 Å². The summed E-state index contributed by atoms with van der Waals surface area (Å²) < 4.78 is 5.32. The minimum Gasteiger partial charge on any atom is -0.425 e. The summed E-state index contributed by atoms with van der Waals surface area (Å²) in [5.74, 6) is 1.21. The Morgan fingerprint density at radius 1 is 1.13 bits per heavy atom. The van der Waals surface area contributed by atoms with E-state index in [1.54, 1.807) is 6.92 Å². The molecular weight excluding hydrogens is 190 g/mol. The Morgan fingerprint density at radius 3 is 2.60 bits per heavy atom. The number of hydrogen-bond donors (Lipinski definition) is 0. The van der Waals surface area contributed by atoms with E-state index in [2.05, 4.69) is 21.2 Å². The average molecular weight is 203 g/mol. The number of aromatic nitrogens is 3. The van der Waals surface area contributed by atoms with Crippen molar-refractivity contribution in [3.8, 4) is 0 Å². The lowest BCUT2D eigenvalue weighted by atomic mass is 10.1. The SMILES string of the molecule is Cc1ccc(C)c(Cc2nnc(C)o2)n1. The summed E-state index contributed by atoms with van der Waals surface area (Å²) in [4.78, 5) is 4.45. The number of hydrogen-bond acceptors (Lipinski definition) is 4. The van der Waals surface area contributed by atoms with Gasteiger partial charge in [0.2, 0.25) is 11.8 Å². The Bertz CT molecular complexity index is 476. The van der Waals surface area contributed by atoms with Crippen LogP contribution in [0.2, 0.25) is 0 Å². The van der Waals surface area contributed by atoms with Crippen molar-refractivity contribution in [2.45, 2.75) is 27.2 Å². The lowest BCUT2D eigenvalue weighted by molar-refractivity contribution is 0.475. The van der Waals surface area contributed by atoms with Crippen LogP contribution in [-0.2, 0) is 6.42 Å². The van der Waals surface area contributed by atoms with Gasteiger partial charge in [-0.25, -0.2) is 0 Å². The second kappa shape index (κ2) is 3.81. The molecule has 0 N–H and O–H groups in total. The molecule has 4 nitrogen and oxygen atoms in total. The van der Waals surface area contributed by atoms with Crippen LogP contribution >= 0.6 is 0 Å². The minimum atomic E-state index is 0.593. The summed E-state index contributed by atoms with van der Waals surface area (Å²) in [6, 6.07) is 4.05. The van der Waals surface area contributed by atoms with Crippen LogP contribution in [0.5, 0.6) is 0 Å². The van der Waals surface area contributed by atoms with Crippen LogP contribution in [0.1, 0.15) is 28.7 Å². The van der Waals surface area contributed by atoms with E-state index in [0.717, 1.165) is 17.0 Å². The van der Waals surface area contributed by atoms with E-state index in [9.17, 15) is 0 Å². The highest BCUT2D eigenvalue weighted by atomic mass is 16.4. The second-order valence-electron chi connectivity index (χ2n) is 3.61. The summed E-state index contributed by atoms with van der Waals surface area (Å²) >= 11 is 0. The molecule has 2 aromatic heterocycles. The number of pyridine rings is 1. The van der Waals surface area contributed by atoms with Gasteiger partial charge in [0.15, 0.2) is 0 Å². The van der Waals surface area contributed by atoms with Crippen molar-refractivity contribution in [3.05, 3.63) is 40.9 Å². The summed E-state index contributed by atoms with van der Waals surface area (Å²) in [5, 5.41) is 7.75. The van der Waals surface area contributed by atoms with Gasteiger partial charge in [0.25, 0.3) is 0 Å². The Kier molecular flexibility index (Phi) is 2.49. The molecule has 0 bridgehead atoms. The Hall–Kier alpha value is -1.71. The van der Waals surface area contributed by atoms with Crippen molar-refractivity contribution in [1.82, 2.24) is 15.2 Å². The lowest BCUT2D eigenvalue weighted by Gasteiger charge is -2.02. The van der Waals surface area contributed by atoms with Gasteiger partial charge in [0.05, 0.1) is 12.1 Å². The van der Waals surface area contributed by atoms with Gasteiger partial charge in [-0.05, 0) is 25.5 Å². The Balaban J connectivity index is 2.27. The van der Waals surface area contributed by atoms with E-state index >= 15 is 0 Å². The van der Waals surface area contributed by atoms with Crippen LogP contribution in [0.15, 0.2) is 16.5 Å². The van der Waals surface area contributed by atoms with Crippen molar-refractivity contribution < 1.29 is 4.42 Å². The van der Waals surface area contributed by atoms with Crippen LogP contribution < -0.4 is 0 Å². The lowest BCUT2D eigenvalue weighted by Crippen LogP contribution is -1.97. The predicted octanol–water partition coefficient (Wildman–Crippen LogP) is 1.98. The third kappa shape index (κ3) is 2.21. The Labute approximate surface area is 88.4 Å². The monoisotopic (exact) mass is 203 g/mol. The molecule has 0 amide bonds. The third-order valence-corrected chi connectivity index (χ3v) is 2.23. The van der Waals surface area contributed by atoms with Crippen molar-refractivity contribution in [2.24, 2.45) is 0 Å². The fourth-order valence-electron chi connectivity index (χ4n) is 1.41. The highest BCUT2D eigenvalue weighted by Crippen LogP contribution is 2.11. The molecule has 78 valence electrons. The first-order chi connectivity index (χ1) is 7.15.